The van der Waals surface area contributed by atoms with E-state index in [-0.39, 0.29) is 24.1 Å². The van der Waals surface area contributed by atoms with E-state index < -0.39 is 6.10 Å². The zero-order valence-corrected chi connectivity index (χ0v) is 9.43. The first kappa shape index (κ1) is 11.8. The molecule has 0 amide bonds. The molecule has 0 aromatic rings. The highest BCUT2D eigenvalue weighted by Gasteiger charge is 2.46. The molecular formula is C11H18O5. The molecule has 0 aliphatic carbocycles. The number of hydrogen-bond acceptors (Lipinski definition) is 5. The Morgan fingerprint density at radius 1 is 1.38 bits per heavy atom. The van der Waals surface area contributed by atoms with E-state index in [1.165, 1.54) is 0 Å². The summed E-state index contributed by atoms with van der Waals surface area (Å²) in [5.41, 5.74) is 0. The summed E-state index contributed by atoms with van der Waals surface area (Å²) in [6, 6.07) is 0. The molecule has 0 spiro atoms. The number of aliphatic hydroxyl groups is 1. The predicted molar refractivity (Wildman–Crippen MR) is 54.8 cm³/mol. The smallest absolute Gasteiger partial charge is 0.305 e. The van der Waals surface area contributed by atoms with Crippen LogP contribution in [0.2, 0.25) is 0 Å². The first-order chi connectivity index (χ1) is 7.72. The maximum atomic E-state index is 11.2. The number of fused-ring (bicyclic) bond motifs is 1. The van der Waals surface area contributed by atoms with Gasteiger partial charge in [-0.3, -0.25) is 4.79 Å². The van der Waals surface area contributed by atoms with Crippen LogP contribution in [0.1, 0.15) is 19.8 Å². The lowest BCUT2D eigenvalue weighted by atomic mass is 9.96. The van der Waals surface area contributed by atoms with Crippen molar-refractivity contribution in [3.05, 3.63) is 0 Å². The molecule has 0 saturated carbocycles. The van der Waals surface area contributed by atoms with E-state index in [4.69, 9.17) is 14.2 Å². The Balaban J connectivity index is 1.77. The third kappa shape index (κ3) is 2.36. The summed E-state index contributed by atoms with van der Waals surface area (Å²) in [5.74, 6) is 0.0241. The van der Waals surface area contributed by atoms with Gasteiger partial charge in [0.25, 0.3) is 0 Å². The molecule has 0 aromatic heterocycles. The van der Waals surface area contributed by atoms with Crippen molar-refractivity contribution in [1.29, 1.82) is 0 Å². The van der Waals surface area contributed by atoms with Crippen LogP contribution in [0, 0.1) is 5.92 Å². The number of hydrogen-bond donors (Lipinski definition) is 1. The molecule has 2 heterocycles. The average molecular weight is 230 g/mol. The third-order valence-corrected chi connectivity index (χ3v) is 3.15. The molecule has 5 nitrogen and oxygen atoms in total. The van der Waals surface area contributed by atoms with Gasteiger partial charge < -0.3 is 19.3 Å². The summed E-state index contributed by atoms with van der Waals surface area (Å²) in [7, 11) is 0. The third-order valence-electron chi connectivity index (χ3n) is 3.15. The highest BCUT2D eigenvalue weighted by atomic mass is 16.6. The van der Waals surface area contributed by atoms with Crippen molar-refractivity contribution in [3.8, 4) is 0 Å². The standard InChI is InChI=1S/C11H18O5/c1-2-14-9(13)4-3-7-5-15-11-8(12)6-16-10(7)11/h7-8,10-12H,2-6H2,1H3/t7-,8+,10+,11+/m0/s1. The molecular weight excluding hydrogens is 212 g/mol. The topological polar surface area (TPSA) is 65.0 Å². The summed E-state index contributed by atoms with van der Waals surface area (Å²) >= 11 is 0. The molecule has 92 valence electrons. The summed E-state index contributed by atoms with van der Waals surface area (Å²) in [5, 5.41) is 9.54. The fraction of sp³-hybridized carbons (Fsp3) is 0.909. The van der Waals surface area contributed by atoms with Gasteiger partial charge in [-0.1, -0.05) is 0 Å². The van der Waals surface area contributed by atoms with Crippen molar-refractivity contribution in [2.75, 3.05) is 19.8 Å². The molecule has 1 N–H and O–H groups in total. The van der Waals surface area contributed by atoms with Crippen LogP contribution >= 0.6 is 0 Å². The van der Waals surface area contributed by atoms with E-state index >= 15 is 0 Å². The number of rotatable bonds is 4. The van der Waals surface area contributed by atoms with Crippen LogP contribution in [0.25, 0.3) is 0 Å². The second kappa shape index (κ2) is 5.12. The largest absolute Gasteiger partial charge is 0.466 e. The second-order valence-corrected chi connectivity index (χ2v) is 4.27. The van der Waals surface area contributed by atoms with Crippen molar-refractivity contribution >= 4 is 5.97 Å². The van der Waals surface area contributed by atoms with Crippen LogP contribution in [0.5, 0.6) is 0 Å². The maximum Gasteiger partial charge on any atom is 0.305 e. The minimum absolute atomic E-state index is 0.0515. The molecule has 5 heteroatoms. The van der Waals surface area contributed by atoms with Crippen molar-refractivity contribution in [3.63, 3.8) is 0 Å². The van der Waals surface area contributed by atoms with E-state index in [9.17, 15) is 9.90 Å². The number of carbonyl (C=O) groups is 1. The van der Waals surface area contributed by atoms with E-state index in [1.54, 1.807) is 6.92 Å². The van der Waals surface area contributed by atoms with Gasteiger partial charge in [-0.05, 0) is 13.3 Å². The van der Waals surface area contributed by atoms with Gasteiger partial charge in [0.05, 0.1) is 25.9 Å². The lowest BCUT2D eigenvalue weighted by Gasteiger charge is -2.14. The van der Waals surface area contributed by atoms with E-state index in [0.29, 0.717) is 32.7 Å². The zero-order valence-electron chi connectivity index (χ0n) is 9.43. The first-order valence-electron chi connectivity index (χ1n) is 5.79. The summed E-state index contributed by atoms with van der Waals surface area (Å²) < 4.78 is 15.8. The molecule has 2 fully saturated rings. The number of aliphatic hydroxyl groups excluding tert-OH is 1. The minimum Gasteiger partial charge on any atom is -0.466 e. The molecule has 0 unspecified atom stereocenters. The maximum absolute atomic E-state index is 11.2. The number of carbonyl (C=O) groups excluding carboxylic acids is 1. The highest BCUT2D eigenvalue weighted by molar-refractivity contribution is 5.69. The lowest BCUT2D eigenvalue weighted by molar-refractivity contribution is -0.143. The predicted octanol–water partition coefficient (Wildman–Crippen LogP) is 0.104. The van der Waals surface area contributed by atoms with Crippen molar-refractivity contribution in [1.82, 2.24) is 0 Å². The molecule has 4 atom stereocenters. The normalized spacial score (nSPS) is 37.4. The summed E-state index contributed by atoms with van der Waals surface area (Å²) in [4.78, 5) is 11.2. The number of esters is 1. The average Bonchev–Trinajstić information content (AvgIpc) is 2.80. The Morgan fingerprint density at radius 3 is 2.88 bits per heavy atom. The van der Waals surface area contributed by atoms with Crippen molar-refractivity contribution in [2.45, 2.75) is 38.1 Å². The lowest BCUT2D eigenvalue weighted by Crippen LogP contribution is -2.29. The molecule has 0 radical (unpaired) electrons. The Labute approximate surface area is 94.7 Å². The minimum atomic E-state index is -0.516. The Bertz CT molecular complexity index is 255. The SMILES string of the molecule is CCOC(=O)CC[C@H]1CO[C@H]2[C@@H]1OC[C@H]2O. The molecule has 0 aromatic carbocycles. The highest BCUT2D eigenvalue weighted by Crippen LogP contribution is 2.33. The molecule has 2 aliphatic rings. The monoisotopic (exact) mass is 230 g/mol. The first-order valence-corrected chi connectivity index (χ1v) is 5.79. The van der Waals surface area contributed by atoms with Crippen LogP contribution in [0.15, 0.2) is 0 Å². The van der Waals surface area contributed by atoms with Gasteiger partial charge >= 0.3 is 5.97 Å². The summed E-state index contributed by atoms with van der Waals surface area (Å²) in [6.07, 6.45) is 0.325. The Hall–Kier alpha value is -0.650. The summed E-state index contributed by atoms with van der Waals surface area (Å²) in [6.45, 7) is 3.11. The Kier molecular flexibility index (Phi) is 3.78. The zero-order chi connectivity index (χ0) is 11.5. The van der Waals surface area contributed by atoms with Gasteiger partial charge in [-0.25, -0.2) is 0 Å². The van der Waals surface area contributed by atoms with Crippen molar-refractivity contribution < 1.29 is 24.1 Å². The molecule has 0 bridgehead atoms. The fourth-order valence-electron chi connectivity index (χ4n) is 2.34. The quantitative estimate of drug-likeness (QED) is 0.694. The van der Waals surface area contributed by atoms with Gasteiger partial charge in [0, 0.05) is 12.3 Å². The molecule has 16 heavy (non-hydrogen) atoms. The van der Waals surface area contributed by atoms with E-state index in [0.717, 1.165) is 0 Å². The Morgan fingerprint density at radius 2 is 2.12 bits per heavy atom. The molecule has 2 saturated heterocycles. The molecule has 2 aliphatic heterocycles. The van der Waals surface area contributed by atoms with Crippen LogP contribution in [-0.2, 0) is 19.0 Å². The van der Waals surface area contributed by atoms with Crippen LogP contribution < -0.4 is 0 Å². The number of ether oxygens (including phenoxy) is 3. The van der Waals surface area contributed by atoms with Gasteiger partial charge in [0.1, 0.15) is 12.2 Å². The van der Waals surface area contributed by atoms with E-state index in [1.807, 2.05) is 0 Å². The van der Waals surface area contributed by atoms with Gasteiger partial charge in [-0.15, -0.1) is 0 Å². The second-order valence-electron chi connectivity index (χ2n) is 4.27. The van der Waals surface area contributed by atoms with Crippen LogP contribution in [-0.4, -0.2) is 49.2 Å². The van der Waals surface area contributed by atoms with Gasteiger partial charge in [0.15, 0.2) is 0 Å². The fourth-order valence-corrected chi connectivity index (χ4v) is 2.34. The van der Waals surface area contributed by atoms with Gasteiger partial charge in [0.2, 0.25) is 0 Å². The molecule has 2 rings (SSSR count). The van der Waals surface area contributed by atoms with Crippen molar-refractivity contribution in [2.24, 2.45) is 5.92 Å². The van der Waals surface area contributed by atoms with E-state index in [2.05, 4.69) is 0 Å². The van der Waals surface area contributed by atoms with Crippen LogP contribution in [0.3, 0.4) is 0 Å². The van der Waals surface area contributed by atoms with Crippen LogP contribution in [0.4, 0.5) is 0 Å². The van der Waals surface area contributed by atoms with Gasteiger partial charge in [-0.2, -0.15) is 0 Å².